The Morgan fingerprint density at radius 2 is 1.67 bits per heavy atom. The minimum absolute atomic E-state index is 0. The summed E-state index contributed by atoms with van der Waals surface area (Å²) in [5.41, 5.74) is 2.75. The van der Waals surface area contributed by atoms with Gasteiger partial charge in [0.05, 0.1) is 0 Å². The number of alkyl halides is 1. The molecule has 0 unspecified atom stereocenters. The van der Waals surface area contributed by atoms with Crippen LogP contribution in [0.15, 0.2) is 24.3 Å². The fourth-order valence-corrected chi connectivity index (χ4v) is 1.37. The molecule has 0 radical (unpaired) electrons. The van der Waals surface area contributed by atoms with Gasteiger partial charge in [-0.15, -0.1) is 0 Å². The fourth-order valence-electron chi connectivity index (χ4n) is 0.992. The van der Waals surface area contributed by atoms with Gasteiger partial charge in [-0.05, 0) is 5.56 Å². The molecular weight excluding hydrogens is 211 g/mol. The average Bonchev–Trinajstić information content (AvgIpc) is 2.05. The van der Waals surface area contributed by atoms with E-state index in [1.54, 1.807) is 0 Å². The third-order valence-electron chi connectivity index (χ3n) is 1.80. The van der Waals surface area contributed by atoms with Crippen molar-refractivity contribution in [1.82, 2.24) is 0 Å². The van der Waals surface area contributed by atoms with Crippen molar-refractivity contribution in [3.63, 3.8) is 0 Å². The first-order valence-electron chi connectivity index (χ1n) is 3.89. The summed E-state index contributed by atoms with van der Waals surface area (Å²) in [6, 6.07) is 8.73. The van der Waals surface area contributed by atoms with Crippen molar-refractivity contribution in [2.24, 2.45) is 0 Å². The second-order valence-electron chi connectivity index (χ2n) is 3.03. The number of halogens is 1. The third-order valence-corrected chi connectivity index (χ3v) is 2.45. The number of rotatable bonds is 2. The van der Waals surface area contributed by atoms with E-state index in [1.165, 1.54) is 11.0 Å². The van der Waals surface area contributed by atoms with Gasteiger partial charge in [0, 0.05) is 5.33 Å². The van der Waals surface area contributed by atoms with Crippen molar-refractivity contribution in [3.8, 4) is 0 Å². The second kappa shape index (κ2) is 5.42. The molecule has 1 aromatic carbocycles. The molecular formula is C10H16BBr. The third kappa shape index (κ3) is 3.02. The van der Waals surface area contributed by atoms with Gasteiger partial charge in [0.1, 0.15) is 0 Å². The Bertz CT molecular complexity index is 216. The Balaban J connectivity index is 0.00000121. The molecule has 0 saturated carbocycles. The Labute approximate surface area is 84.6 Å². The second-order valence-corrected chi connectivity index (χ2v) is 3.59. The van der Waals surface area contributed by atoms with Crippen LogP contribution in [0.25, 0.3) is 0 Å². The van der Waals surface area contributed by atoms with E-state index in [0.717, 1.165) is 5.33 Å². The van der Waals surface area contributed by atoms with E-state index in [2.05, 4.69) is 53.8 Å². The van der Waals surface area contributed by atoms with Crippen molar-refractivity contribution >= 4 is 28.1 Å². The fraction of sp³-hybridized carbons (Fsp3) is 0.400. The molecule has 0 atom stereocenters. The van der Waals surface area contributed by atoms with E-state index in [1.807, 2.05) is 0 Å². The molecule has 0 aliphatic rings. The molecule has 0 aliphatic carbocycles. The van der Waals surface area contributed by atoms with Gasteiger partial charge in [-0.1, -0.05) is 66.7 Å². The maximum Gasteiger partial charge on any atom is 0.169 e. The van der Waals surface area contributed by atoms with Crippen LogP contribution in [0.2, 0.25) is 13.6 Å². The van der Waals surface area contributed by atoms with Gasteiger partial charge in [-0.2, -0.15) is 0 Å². The molecule has 66 valence electrons. The first-order chi connectivity index (χ1) is 5.24. The van der Waals surface area contributed by atoms with Gasteiger partial charge in [0.25, 0.3) is 0 Å². The quantitative estimate of drug-likeness (QED) is 0.537. The molecule has 12 heavy (non-hydrogen) atoms. The average molecular weight is 227 g/mol. The Kier molecular flexibility index (Phi) is 5.31. The normalized spacial score (nSPS) is 8.92. The Morgan fingerprint density at radius 3 is 2.00 bits per heavy atom. The highest BCUT2D eigenvalue weighted by molar-refractivity contribution is 9.08. The molecule has 0 bridgehead atoms. The van der Waals surface area contributed by atoms with Gasteiger partial charge < -0.3 is 0 Å². The van der Waals surface area contributed by atoms with Gasteiger partial charge in [0.15, 0.2) is 6.71 Å². The molecule has 1 rings (SSSR count). The van der Waals surface area contributed by atoms with Gasteiger partial charge >= 0.3 is 0 Å². The van der Waals surface area contributed by atoms with Crippen LogP contribution in [0.5, 0.6) is 0 Å². The molecule has 0 heterocycles. The zero-order valence-electron chi connectivity index (χ0n) is 6.97. The molecule has 0 fully saturated rings. The zero-order chi connectivity index (χ0) is 8.27. The number of hydrogen-bond donors (Lipinski definition) is 0. The highest BCUT2D eigenvalue weighted by atomic mass is 79.9. The monoisotopic (exact) mass is 226 g/mol. The van der Waals surface area contributed by atoms with Crippen LogP contribution >= 0.6 is 15.9 Å². The number of benzene rings is 1. The van der Waals surface area contributed by atoms with E-state index >= 15 is 0 Å². The summed E-state index contributed by atoms with van der Waals surface area (Å²) in [5.74, 6) is 0. The van der Waals surface area contributed by atoms with Crippen LogP contribution in [0, 0.1) is 0 Å². The van der Waals surface area contributed by atoms with Crippen molar-refractivity contribution < 1.29 is 0 Å². The summed E-state index contributed by atoms with van der Waals surface area (Å²) in [5, 5.41) is 0.950. The van der Waals surface area contributed by atoms with E-state index < -0.39 is 0 Å². The van der Waals surface area contributed by atoms with Crippen LogP contribution in [0.1, 0.15) is 13.0 Å². The minimum atomic E-state index is 0. The van der Waals surface area contributed by atoms with E-state index in [-0.39, 0.29) is 7.43 Å². The SMILES string of the molecule is C.CB(C)c1ccc(CBr)cc1. The largest absolute Gasteiger partial charge is 0.169 e. The van der Waals surface area contributed by atoms with Crippen LogP contribution in [-0.4, -0.2) is 6.71 Å². The van der Waals surface area contributed by atoms with E-state index in [0.29, 0.717) is 6.71 Å². The minimum Gasteiger partial charge on any atom is -0.0876 e. The molecule has 0 spiro atoms. The van der Waals surface area contributed by atoms with Gasteiger partial charge in [0.2, 0.25) is 0 Å². The van der Waals surface area contributed by atoms with Crippen molar-refractivity contribution in [2.45, 2.75) is 26.4 Å². The molecule has 0 aromatic heterocycles. The van der Waals surface area contributed by atoms with Crippen LogP contribution < -0.4 is 5.46 Å². The summed E-state index contributed by atoms with van der Waals surface area (Å²) in [6.07, 6.45) is 0. The molecule has 1 aromatic rings. The first-order valence-corrected chi connectivity index (χ1v) is 5.01. The molecule has 0 saturated heterocycles. The molecule has 0 N–H and O–H groups in total. The Hall–Kier alpha value is -0.235. The van der Waals surface area contributed by atoms with Crippen molar-refractivity contribution in [1.29, 1.82) is 0 Å². The predicted octanol–water partition coefficient (Wildman–Crippen LogP) is 3.18. The molecule has 0 aliphatic heterocycles. The molecule has 0 nitrogen and oxygen atoms in total. The topological polar surface area (TPSA) is 0 Å². The summed E-state index contributed by atoms with van der Waals surface area (Å²) in [6.45, 7) is 5.06. The number of hydrogen-bond acceptors (Lipinski definition) is 0. The zero-order valence-corrected chi connectivity index (χ0v) is 8.56. The van der Waals surface area contributed by atoms with E-state index in [9.17, 15) is 0 Å². The smallest absolute Gasteiger partial charge is 0.0876 e. The van der Waals surface area contributed by atoms with Crippen molar-refractivity contribution in [3.05, 3.63) is 29.8 Å². The van der Waals surface area contributed by atoms with E-state index in [4.69, 9.17) is 0 Å². The molecule has 0 amide bonds. The summed E-state index contributed by atoms with van der Waals surface area (Å²) >= 11 is 3.42. The summed E-state index contributed by atoms with van der Waals surface area (Å²) in [7, 11) is 0. The van der Waals surface area contributed by atoms with Crippen molar-refractivity contribution in [2.75, 3.05) is 0 Å². The standard InChI is InChI=1S/C9H12BBr.CH4/c1-10(2)9-5-3-8(7-11)4-6-9;/h3-6H,7H2,1-2H3;1H4. The maximum absolute atomic E-state index is 3.42. The lowest BCUT2D eigenvalue weighted by atomic mass is 9.49. The Morgan fingerprint density at radius 1 is 1.17 bits per heavy atom. The molecule has 2 heteroatoms. The lowest BCUT2D eigenvalue weighted by Crippen LogP contribution is -2.21. The highest BCUT2D eigenvalue weighted by Crippen LogP contribution is 2.02. The van der Waals surface area contributed by atoms with Gasteiger partial charge in [-0.3, -0.25) is 0 Å². The van der Waals surface area contributed by atoms with Gasteiger partial charge in [-0.25, -0.2) is 0 Å². The first kappa shape index (κ1) is 11.8. The summed E-state index contributed by atoms with van der Waals surface area (Å²) < 4.78 is 0. The van der Waals surface area contributed by atoms with Crippen LogP contribution in [0.4, 0.5) is 0 Å². The lowest BCUT2D eigenvalue weighted by Gasteiger charge is -2.02. The highest BCUT2D eigenvalue weighted by Gasteiger charge is 2.00. The lowest BCUT2D eigenvalue weighted by molar-refractivity contribution is 1.45. The summed E-state index contributed by atoms with van der Waals surface area (Å²) in [4.78, 5) is 0. The predicted molar refractivity (Wildman–Crippen MR) is 62.9 cm³/mol. The maximum atomic E-state index is 3.42. The van der Waals surface area contributed by atoms with Crippen LogP contribution in [0.3, 0.4) is 0 Å². The van der Waals surface area contributed by atoms with Crippen LogP contribution in [-0.2, 0) is 5.33 Å².